The third kappa shape index (κ3) is 3.80. The van der Waals surface area contributed by atoms with E-state index >= 15 is 0 Å². The van der Waals surface area contributed by atoms with Crippen LogP contribution >= 0.6 is 11.3 Å². The molecule has 0 radical (unpaired) electrons. The molecule has 2 rings (SSSR count). The normalized spacial score (nSPS) is 22.9. The van der Waals surface area contributed by atoms with Crippen LogP contribution in [0.3, 0.4) is 0 Å². The molecule has 1 unspecified atom stereocenters. The van der Waals surface area contributed by atoms with Crippen molar-refractivity contribution in [1.29, 1.82) is 0 Å². The summed E-state index contributed by atoms with van der Waals surface area (Å²) in [5, 5.41) is 8.08. The lowest BCUT2D eigenvalue weighted by atomic mass is 9.85. The SMILES string of the molecule is CC(C)(C)C1CN(CCc2ccsc2)CCN1. The van der Waals surface area contributed by atoms with Crippen molar-refractivity contribution in [3.05, 3.63) is 22.4 Å². The maximum absolute atomic E-state index is 3.64. The van der Waals surface area contributed by atoms with E-state index in [1.807, 2.05) is 0 Å². The molecule has 1 saturated heterocycles. The zero-order valence-electron chi connectivity index (χ0n) is 11.2. The first-order valence-corrected chi connectivity index (χ1v) is 7.47. The zero-order valence-corrected chi connectivity index (χ0v) is 12.0. The minimum Gasteiger partial charge on any atom is -0.311 e. The van der Waals surface area contributed by atoms with Gasteiger partial charge in [-0.3, -0.25) is 0 Å². The van der Waals surface area contributed by atoms with Crippen LogP contribution in [-0.4, -0.2) is 37.1 Å². The van der Waals surface area contributed by atoms with Gasteiger partial charge in [0.15, 0.2) is 0 Å². The number of nitrogens with zero attached hydrogens (tertiary/aromatic N) is 1. The van der Waals surface area contributed by atoms with Gasteiger partial charge < -0.3 is 10.2 Å². The molecular weight excluding hydrogens is 228 g/mol. The summed E-state index contributed by atoms with van der Waals surface area (Å²) in [6, 6.07) is 2.87. The molecule has 96 valence electrons. The molecule has 1 aromatic rings. The lowest BCUT2D eigenvalue weighted by Crippen LogP contribution is -2.56. The predicted octanol–water partition coefficient (Wildman–Crippen LogP) is 2.61. The predicted molar refractivity (Wildman–Crippen MR) is 75.7 cm³/mol. The van der Waals surface area contributed by atoms with Crippen LogP contribution < -0.4 is 5.32 Å². The van der Waals surface area contributed by atoms with Crippen LogP contribution in [0.5, 0.6) is 0 Å². The van der Waals surface area contributed by atoms with Gasteiger partial charge in [0, 0.05) is 32.2 Å². The minimum absolute atomic E-state index is 0.362. The van der Waals surface area contributed by atoms with Crippen LogP contribution in [0, 0.1) is 5.41 Å². The summed E-state index contributed by atoms with van der Waals surface area (Å²) in [6.45, 7) is 11.7. The molecule has 0 saturated carbocycles. The van der Waals surface area contributed by atoms with Crippen LogP contribution in [0.4, 0.5) is 0 Å². The zero-order chi connectivity index (χ0) is 12.3. The second-order valence-corrected chi connectivity index (χ2v) is 6.83. The molecule has 0 bridgehead atoms. The maximum Gasteiger partial charge on any atom is 0.0244 e. The Kier molecular flexibility index (Phi) is 4.23. The molecule has 1 aliphatic rings. The second-order valence-electron chi connectivity index (χ2n) is 6.05. The van der Waals surface area contributed by atoms with E-state index in [0.717, 1.165) is 6.54 Å². The largest absolute Gasteiger partial charge is 0.311 e. The van der Waals surface area contributed by atoms with Crippen molar-refractivity contribution >= 4 is 11.3 Å². The van der Waals surface area contributed by atoms with Crippen molar-refractivity contribution in [2.24, 2.45) is 5.41 Å². The van der Waals surface area contributed by atoms with E-state index in [1.54, 1.807) is 11.3 Å². The van der Waals surface area contributed by atoms with Crippen LogP contribution in [0.25, 0.3) is 0 Å². The lowest BCUT2D eigenvalue weighted by molar-refractivity contribution is 0.135. The highest BCUT2D eigenvalue weighted by Crippen LogP contribution is 2.21. The van der Waals surface area contributed by atoms with Crippen molar-refractivity contribution in [2.75, 3.05) is 26.2 Å². The van der Waals surface area contributed by atoms with E-state index in [-0.39, 0.29) is 0 Å². The fourth-order valence-electron chi connectivity index (χ4n) is 2.32. The molecule has 2 nitrogen and oxygen atoms in total. The maximum atomic E-state index is 3.64. The molecule has 0 aromatic carbocycles. The molecule has 1 fully saturated rings. The molecular formula is C14H24N2S. The fourth-order valence-corrected chi connectivity index (χ4v) is 3.02. The van der Waals surface area contributed by atoms with Gasteiger partial charge in [0.1, 0.15) is 0 Å². The van der Waals surface area contributed by atoms with E-state index in [4.69, 9.17) is 0 Å². The number of piperazine rings is 1. The van der Waals surface area contributed by atoms with Crippen molar-refractivity contribution in [2.45, 2.75) is 33.2 Å². The summed E-state index contributed by atoms with van der Waals surface area (Å²) in [4.78, 5) is 2.60. The Morgan fingerprint density at radius 2 is 2.29 bits per heavy atom. The number of hydrogen-bond donors (Lipinski definition) is 1. The molecule has 1 N–H and O–H groups in total. The first-order chi connectivity index (χ1) is 8.05. The van der Waals surface area contributed by atoms with Crippen LogP contribution in [0.2, 0.25) is 0 Å². The van der Waals surface area contributed by atoms with Gasteiger partial charge in [0.05, 0.1) is 0 Å². The first-order valence-electron chi connectivity index (χ1n) is 6.52. The topological polar surface area (TPSA) is 15.3 Å². The highest BCUT2D eigenvalue weighted by atomic mass is 32.1. The summed E-state index contributed by atoms with van der Waals surface area (Å²) in [7, 11) is 0. The summed E-state index contributed by atoms with van der Waals surface area (Å²) >= 11 is 1.80. The number of hydrogen-bond acceptors (Lipinski definition) is 3. The van der Waals surface area contributed by atoms with Gasteiger partial charge in [0.2, 0.25) is 0 Å². The molecule has 17 heavy (non-hydrogen) atoms. The minimum atomic E-state index is 0.362. The average molecular weight is 252 g/mol. The number of rotatable bonds is 3. The van der Waals surface area contributed by atoms with Crippen molar-refractivity contribution < 1.29 is 0 Å². The van der Waals surface area contributed by atoms with Gasteiger partial charge in [0.25, 0.3) is 0 Å². The standard InChI is InChI=1S/C14H24N2S/c1-14(2,3)13-10-16(8-6-15-13)7-4-12-5-9-17-11-12/h5,9,11,13,15H,4,6-8,10H2,1-3H3. The molecule has 0 amide bonds. The molecule has 0 spiro atoms. The molecule has 1 aliphatic heterocycles. The molecule has 1 aromatic heterocycles. The van der Waals surface area contributed by atoms with Gasteiger partial charge in [-0.2, -0.15) is 11.3 Å². The van der Waals surface area contributed by atoms with Gasteiger partial charge in [-0.25, -0.2) is 0 Å². The van der Waals surface area contributed by atoms with Crippen LogP contribution in [0.1, 0.15) is 26.3 Å². The van der Waals surface area contributed by atoms with Gasteiger partial charge in [-0.05, 0) is 34.2 Å². The van der Waals surface area contributed by atoms with E-state index in [1.165, 1.54) is 31.6 Å². The summed E-state index contributed by atoms with van der Waals surface area (Å²) in [5.41, 5.74) is 1.85. The fraction of sp³-hybridized carbons (Fsp3) is 0.714. The Hall–Kier alpha value is -0.380. The molecule has 2 heterocycles. The summed E-state index contributed by atoms with van der Waals surface area (Å²) < 4.78 is 0. The smallest absolute Gasteiger partial charge is 0.0244 e. The molecule has 1 atom stereocenters. The lowest BCUT2D eigenvalue weighted by Gasteiger charge is -2.40. The third-order valence-corrected chi connectivity index (χ3v) is 4.33. The summed E-state index contributed by atoms with van der Waals surface area (Å²) in [6.07, 6.45) is 1.19. The van der Waals surface area contributed by atoms with Gasteiger partial charge >= 0.3 is 0 Å². The van der Waals surface area contributed by atoms with E-state index in [9.17, 15) is 0 Å². The van der Waals surface area contributed by atoms with Crippen molar-refractivity contribution in [3.63, 3.8) is 0 Å². The van der Waals surface area contributed by atoms with Crippen molar-refractivity contribution in [1.82, 2.24) is 10.2 Å². The second kappa shape index (κ2) is 5.51. The highest BCUT2D eigenvalue weighted by Gasteiger charge is 2.28. The Labute approximate surface area is 109 Å². The molecule has 3 heteroatoms. The average Bonchev–Trinajstić information content (AvgIpc) is 2.78. The highest BCUT2D eigenvalue weighted by molar-refractivity contribution is 7.07. The van der Waals surface area contributed by atoms with Crippen LogP contribution in [0.15, 0.2) is 16.8 Å². The Morgan fingerprint density at radius 3 is 2.94 bits per heavy atom. The van der Waals surface area contributed by atoms with Crippen LogP contribution in [-0.2, 0) is 6.42 Å². The number of thiophene rings is 1. The Morgan fingerprint density at radius 1 is 1.47 bits per heavy atom. The van der Waals surface area contributed by atoms with Gasteiger partial charge in [-0.15, -0.1) is 0 Å². The third-order valence-electron chi connectivity index (χ3n) is 3.60. The van der Waals surface area contributed by atoms with E-state index in [2.05, 4.69) is 47.8 Å². The Balaban J connectivity index is 1.81. The number of nitrogens with one attached hydrogen (secondary N) is 1. The van der Waals surface area contributed by atoms with Gasteiger partial charge in [-0.1, -0.05) is 20.8 Å². The monoisotopic (exact) mass is 252 g/mol. The van der Waals surface area contributed by atoms with Crippen molar-refractivity contribution in [3.8, 4) is 0 Å². The quantitative estimate of drug-likeness (QED) is 0.889. The Bertz CT molecular complexity index is 326. The molecule has 0 aliphatic carbocycles. The summed E-state index contributed by atoms with van der Waals surface area (Å²) in [5.74, 6) is 0. The van der Waals surface area contributed by atoms with E-state index in [0.29, 0.717) is 11.5 Å². The van der Waals surface area contributed by atoms with E-state index < -0.39 is 0 Å². The first kappa shape index (κ1) is 13.1.